The van der Waals surface area contributed by atoms with Crippen molar-refractivity contribution in [2.24, 2.45) is 5.41 Å². The summed E-state index contributed by atoms with van der Waals surface area (Å²) in [6.45, 7) is 15.6. The highest BCUT2D eigenvalue weighted by atomic mass is 35.5. The predicted molar refractivity (Wildman–Crippen MR) is 212 cm³/mol. The Kier molecular flexibility index (Phi) is 13.2. The van der Waals surface area contributed by atoms with E-state index in [1.807, 2.05) is 6.07 Å². The second kappa shape index (κ2) is 16.9. The predicted octanol–water partition coefficient (Wildman–Crippen LogP) is 7.77. The molecule has 3 aromatic rings. The molecule has 0 spiro atoms. The van der Waals surface area contributed by atoms with Crippen LogP contribution in [0.3, 0.4) is 0 Å². The van der Waals surface area contributed by atoms with Gasteiger partial charge in [-0.05, 0) is 65.5 Å². The van der Waals surface area contributed by atoms with Crippen LogP contribution < -0.4 is 20.7 Å². The van der Waals surface area contributed by atoms with E-state index in [-0.39, 0.29) is 36.2 Å². The number of hydrogen-bond donors (Lipinski definition) is 3. The molecule has 0 bridgehead atoms. The van der Waals surface area contributed by atoms with Gasteiger partial charge in [0.05, 0.1) is 6.61 Å². The van der Waals surface area contributed by atoms with Crippen molar-refractivity contribution in [3.8, 4) is 5.75 Å². The number of alkyl halides is 1. The quantitative estimate of drug-likeness (QED) is 0.0304. The van der Waals surface area contributed by atoms with Crippen LogP contribution in [0, 0.1) is 5.41 Å². The molecule has 3 aromatic carbocycles. The average Bonchev–Trinajstić information content (AvgIpc) is 3.45. The number of ether oxygens (including phenoxy) is 1. The van der Waals surface area contributed by atoms with Crippen molar-refractivity contribution < 1.29 is 33.2 Å². The van der Waals surface area contributed by atoms with Gasteiger partial charge in [0.2, 0.25) is 11.7 Å². The normalized spacial score (nSPS) is 17.4. The molecule has 5 amide bonds. The van der Waals surface area contributed by atoms with Gasteiger partial charge in [0, 0.05) is 35.2 Å². The number of nitrogens with one attached hydrogen (secondary N) is 3. The number of imide groups is 1. The summed E-state index contributed by atoms with van der Waals surface area (Å²) < 4.78 is 4.94. The molecule has 0 aliphatic carbocycles. The maximum absolute atomic E-state index is 14.8. The van der Waals surface area contributed by atoms with Gasteiger partial charge < -0.3 is 15.4 Å². The van der Waals surface area contributed by atoms with Crippen LogP contribution >= 0.6 is 11.6 Å². The Labute approximate surface area is 325 Å². The number of halogens is 1. The van der Waals surface area contributed by atoms with Crippen molar-refractivity contribution in [1.29, 1.82) is 0 Å². The van der Waals surface area contributed by atoms with Crippen molar-refractivity contribution in [2.45, 2.75) is 103 Å². The first-order valence-corrected chi connectivity index (χ1v) is 19.1. The highest BCUT2D eigenvalue weighted by Crippen LogP contribution is 2.42. The molecule has 2 unspecified atom stereocenters. The molecule has 1 heterocycles. The van der Waals surface area contributed by atoms with Crippen molar-refractivity contribution in [1.82, 2.24) is 10.6 Å². The zero-order valence-corrected chi connectivity index (χ0v) is 33.7. The fraction of sp³-hybridized carbons (Fsp3) is 0.465. The molecule has 1 aliphatic heterocycles. The number of carbonyl (C=O) groups is 5. The van der Waals surface area contributed by atoms with Crippen LogP contribution in [0.15, 0.2) is 78.9 Å². The number of rotatable bonds is 18. The van der Waals surface area contributed by atoms with E-state index >= 15 is 0 Å². The number of ketones is 1. The van der Waals surface area contributed by atoms with Crippen molar-refractivity contribution in [3.05, 3.63) is 95.6 Å². The van der Waals surface area contributed by atoms with Gasteiger partial charge in [-0.3, -0.25) is 19.7 Å². The van der Waals surface area contributed by atoms with E-state index in [4.69, 9.17) is 16.3 Å². The van der Waals surface area contributed by atoms with Gasteiger partial charge in [-0.1, -0.05) is 116 Å². The topological polar surface area (TPSA) is 131 Å². The minimum absolute atomic E-state index is 0.0275. The summed E-state index contributed by atoms with van der Waals surface area (Å²) >= 11 is 7.25. The molecule has 11 heteroatoms. The number of para-hydroxylation sites is 1. The molecule has 290 valence electrons. The number of urea groups is 1. The van der Waals surface area contributed by atoms with Crippen LogP contribution in [0.5, 0.6) is 5.75 Å². The minimum atomic E-state index is -2.74. The molecule has 0 saturated carbocycles. The molecule has 10 nitrogen and oxygen atoms in total. The molecule has 1 fully saturated rings. The van der Waals surface area contributed by atoms with Crippen molar-refractivity contribution >= 4 is 46.8 Å². The highest BCUT2D eigenvalue weighted by molar-refractivity contribution is 6.48. The zero-order chi connectivity index (χ0) is 40.0. The van der Waals surface area contributed by atoms with Gasteiger partial charge in [-0.25, -0.2) is 9.59 Å². The third kappa shape index (κ3) is 8.71. The number of benzene rings is 3. The van der Waals surface area contributed by atoms with Crippen molar-refractivity contribution in [2.75, 3.05) is 25.0 Å². The molecule has 4 rings (SSSR count). The fourth-order valence-electron chi connectivity index (χ4n) is 6.51. The summed E-state index contributed by atoms with van der Waals surface area (Å²) in [5.41, 5.74) is 1.65. The Morgan fingerprint density at radius 3 is 2.04 bits per heavy atom. The van der Waals surface area contributed by atoms with E-state index in [1.165, 1.54) is 19.4 Å². The first-order chi connectivity index (χ1) is 25.4. The standard InChI is InChI=1S/C43H55ClN4O6/c1-9-40(3,4)31-23-24-34(33(26-31)41(5,6)10-2)54-25-17-22-35(49)46-29-42(7,8)37(51)43(44,38(52)47-32-20-15-12-16-21-32)48(36(50)27-45-39(48)53)28-30-18-13-11-14-19-30/h11-16,18-21,23-24,26H,9-10,17,22,25,27-29H2,1-8H3,(H2-,45,46,47,49,52,53)/p+1. The van der Waals surface area contributed by atoms with E-state index in [9.17, 15) is 24.0 Å². The van der Waals surface area contributed by atoms with E-state index in [0.717, 1.165) is 24.2 Å². The number of carbonyl (C=O) groups excluding carboxylic acids is 5. The Morgan fingerprint density at radius 1 is 0.852 bits per heavy atom. The molecule has 0 aromatic heterocycles. The zero-order valence-electron chi connectivity index (χ0n) is 32.9. The summed E-state index contributed by atoms with van der Waals surface area (Å²) in [6.07, 6.45) is 2.47. The van der Waals surface area contributed by atoms with Crippen LogP contribution in [-0.2, 0) is 36.6 Å². The third-order valence-electron chi connectivity index (χ3n) is 11.0. The SMILES string of the molecule is CCC(C)(C)c1ccc(OCCCC(=O)NCC(C)(C)C(=O)C(Cl)(C(=O)Nc2ccccc2)[N+]2(Cc3ccccc3)C(=O)CNC2=O)c(C(C)(C)CC)c1. The summed E-state index contributed by atoms with van der Waals surface area (Å²) in [5.74, 6) is -2.19. The molecule has 2 atom stereocenters. The number of Topliss-reactive ketones (excluding diaryl/α,β-unsaturated/α-hetero) is 1. The van der Waals surface area contributed by atoms with Crippen molar-refractivity contribution in [3.63, 3.8) is 0 Å². The Morgan fingerprint density at radius 2 is 1.46 bits per heavy atom. The van der Waals surface area contributed by atoms with Gasteiger partial charge in [0.25, 0.3) is 0 Å². The lowest BCUT2D eigenvalue weighted by atomic mass is 9.76. The van der Waals surface area contributed by atoms with Crippen LogP contribution in [0.25, 0.3) is 0 Å². The molecular weight excluding hydrogens is 704 g/mol. The number of hydrogen-bond acceptors (Lipinski definition) is 6. The number of nitrogens with zero attached hydrogens (tertiary/aromatic N) is 1. The van der Waals surface area contributed by atoms with E-state index in [0.29, 0.717) is 24.3 Å². The van der Waals surface area contributed by atoms with Gasteiger partial charge in [-0.15, -0.1) is 4.48 Å². The van der Waals surface area contributed by atoms with Gasteiger partial charge >= 0.3 is 22.8 Å². The van der Waals surface area contributed by atoms with Gasteiger partial charge in [0.1, 0.15) is 18.8 Å². The fourth-order valence-corrected chi connectivity index (χ4v) is 7.04. The van der Waals surface area contributed by atoms with E-state index < -0.39 is 45.1 Å². The molecule has 54 heavy (non-hydrogen) atoms. The maximum Gasteiger partial charge on any atom is 0.427 e. The number of amides is 5. The Hall–Kier alpha value is -4.54. The van der Waals surface area contributed by atoms with Crippen LogP contribution in [-0.4, -0.2) is 58.7 Å². The lowest BCUT2D eigenvalue weighted by Crippen LogP contribution is -2.74. The Balaban J connectivity index is 1.52. The molecular formula is C43H56ClN4O6+. The van der Waals surface area contributed by atoms with E-state index in [1.54, 1.807) is 60.7 Å². The lowest BCUT2D eigenvalue weighted by Gasteiger charge is -2.42. The second-order valence-corrected chi connectivity index (χ2v) is 16.6. The van der Waals surface area contributed by atoms with Gasteiger partial charge in [-0.2, -0.15) is 0 Å². The van der Waals surface area contributed by atoms with Crippen LogP contribution in [0.1, 0.15) is 97.8 Å². The number of quaternary nitrogens is 1. The average molecular weight is 760 g/mol. The second-order valence-electron chi connectivity index (χ2n) is 16.1. The summed E-state index contributed by atoms with van der Waals surface area (Å²) in [7, 11) is 0. The highest BCUT2D eigenvalue weighted by Gasteiger charge is 2.73. The number of anilines is 1. The van der Waals surface area contributed by atoms with Crippen LogP contribution in [0.2, 0.25) is 0 Å². The van der Waals surface area contributed by atoms with Gasteiger partial charge in [0.15, 0.2) is 0 Å². The summed E-state index contributed by atoms with van der Waals surface area (Å²) in [4.78, 5) is 67.1. The molecule has 3 N–H and O–H groups in total. The third-order valence-corrected chi connectivity index (χ3v) is 11.6. The largest absolute Gasteiger partial charge is 0.493 e. The maximum atomic E-state index is 14.8. The Bertz CT molecular complexity index is 1830. The molecule has 1 saturated heterocycles. The molecule has 0 radical (unpaired) electrons. The first kappa shape index (κ1) is 42.2. The van der Waals surface area contributed by atoms with Crippen LogP contribution in [0.4, 0.5) is 10.5 Å². The smallest absolute Gasteiger partial charge is 0.427 e. The monoisotopic (exact) mass is 759 g/mol. The summed E-state index contributed by atoms with van der Waals surface area (Å²) in [6, 6.07) is 22.5. The molecule has 1 aliphatic rings. The van der Waals surface area contributed by atoms with E-state index in [2.05, 4.69) is 69.6 Å². The lowest BCUT2D eigenvalue weighted by molar-refractivity contribution is -0.801. The summed E-state index contributed by atoms with van der Waals surface area (Å²) in [5, 5.41) is 8.00. The first-order valence-electron chi connectivity index (χ1n) is 18.7. The minimum Gasteiger partial charge on any atom is -0.493 e.